The first-order chi connectivity index (χ1) is 5.66. The summed E-state index contributed by atoms with van der Waals surface area (Å²) >= 11 is 0. The number of ether oxygens (including phenoxy) is 2. The summed E-state index contributed by atoms with van der Waals surface area (Å²) in [6.45, 7) is 3.35. The first kappa shape index (κ1) is 10.5. The molecule has 12 heavy (non-hydrogen) atoms. The molecule has 0 rings (SSSR count). The van der Waals surface area contributed by atoms with Crippen LogP contribution in [0.4, 0.5) is 4.79 Å². The van der Waals surface area contributed by atoms with Crippen molar-refractivity contribution in [2.24, 2.45) is 0 Å². The van der Waals surface area contributed by atoms with E-state index in [0.717, 1.165) is 6.08 Å². The van der Waals surface area contributed by atoms with E-state index >= 15 is 0 Å². The van der Waals surface area contributed by atoms with E-state index in [4.69, 9.17) is 5.11 Å². The number of hydrogen-bond donors (Lipinski definition) is 1. The molecule has 0 aliphatic carbocycles. The highest BCUT2D eigenvalue weighted by molar-refractivity contribution is 5.81. The van der Waals surface area contributed by atoms with Crippen molar-refractivity contribution in [2.75, 3.05) is 13.2 Å². The van der Waals surface area contributed by atoms with E-state index in [1.807, 2.05) is 0 Å². The summed E-state index contributed by atoms with van der Waals surface area (Å²) in [5.74, 6) is -0.523. The molecule has 0 aromatic heterocycles. The zero-order valence-corrected chi connectivity index (χ0v) is 6.49. The second-order valence-corrected chi connectivity index (χ2v) is 1.84. The Hall–Kier alpha value is -1.52. The maximum Gasteiger partial charge on any atom is 0.505 e. The molecule has 0 aliphatic rings. The van der Waals surface area contributed by atoms with Crippen LogP contribution in [0, 0.1) is 0 Å². The molecule has 0 atom stereocenters. The van der Waals surface area contributed by atoms with E-state index in [-0.39, 0.29) is 13.2 Å². The van der Waals surface area contributed by atoms with Crippen LogP contribution in [0.2, 0.25) is 0 Å². The molecule has 1 N–H and O–H groups in total. The lowest BCUT2D eigenvalue weighted by molar-refractivity contribution is -0.138. The number of hydrogen-bond acceptors (Lipinski definition) is 4. The number of carboxylic acid groups (broad SMARTS) is 1. The minimum atomic E-state index is -1.33. The van der Waals surface area contributed by atoms with Crippen molar-refractivity contribution in [3.8, 4) is 0 Å². The maximum absolute atomic E-state index is 10.4. The first-order valence-corrected chi connectivity index (χ1v) is 3.31. The normalized spacial score (nSPS) is 8.67. The molecule has 0 spiro atoms. The minimum Gasteiger partial charge on any atom is -0.462 e. The summed E-state index contributed by atoms with van der Waals surface area (Å²) in [7, 11) is 0. The number of carbonyl (C=O) groups excluding carboxylic acids is 1. The third-order valence-corrected chi connectivity index (χ3v) is 0.925. The summed E-state index contributed by atoms with van der Waals surface area (Å²) < 4.78 is 8.70. The summed E-state index contributed by atoms with van der Waals surface area (Å²) in [6, 6.07) is 0. The van der Waals surface area contributed by atoms with Gasteiger partial charge in [0.05, 0.1) is 13.2 Å². The van der Waals surface area contributed by atoms with E-state index in [9.17, 15) is 9.59 Å². The summed E-state index contributed by atoms with van der Waals surface area (Å²) in [6.07, 6.45) is 0.0641. The molecule has 0 amide bonds. The fourth-order valence-corrected chi connectivity index (χ4v) is 0.450. The Bertz CT molecular complexity index is 175. The maximum atomic E-state index is 10.4. The molecule has 5 heteroatoms. The lowest BCUT2D eigenvalue weighted by Gasteiger charge is -2.00. The summed E-state index contributed by atoms with van der Waals surface area (Å²) in [4.78, 5) is 20.2. The Balaban J connectivity index is 3.16. The zero-order valence-electron chi connectivity index (χ0n) is 6.49. The average Bonchev–Trinajstić information content (AvgIpc) is 2.03. The molecule has 0 heterocycles. The first-order valence-electron chi connectivity index (χ1n) is 3.31. The molecule has 68 valence electrons. The smallest absolute Gasteiger partial charge is 0.462 e. The highest BCUT2D eigenvalue weighted by Gasteiger charge is 1.97. The van der Waals surface area contributed by atoms with Crippen LogP contribution in [0.25, 0.3) is 0 Å². The lowest BCUT2D eigenvalue weighted by atomic mass is 10.5. The van der Waals surface area contributed by atoms with Gasteiger partial charge in [0.25, 0.3) is 0 Å². The number of esters is 1. The molecule has 0 bridgehead atoms. The predicted molar refractivity (Wildman–Crippen MR) is 39.7 cm³/mol. The monoisotopic (exact) mass is 174 g/mol. The molecular weight excluding hydrogens is 164 g/mol. The van der Waals surface area contributed by atoms with Crippen LogP contribution in [0.1, 0.15) is 6.42 Å². The molecule has 0 aliphatic heterocycles. The molecule has 0 fully saturated rings. The van der Waals surface area contributed by atoms with Gasteiger partial charge in [-0.1, -0.05) is 6.58 Å². The van der Waals surface area contributed by atoms with Crippen LogP contribution >= 0.6 is 0 Å². The van der Waals surface area contributed by atoms with Crippen molar-refractivity contribution >= 4 is 12.1 Å². The van der Waals surface area contributed by atoms with E-state index in [1.54, 1.807) is 0 Å². The average molecular weight is 174 g/mol. The zero-order chi connectivity index (χ0) is 9.40. The third kappa shape index (κ3) is 6.60. The molecule has 0 unspecified atom stereocenters. The standard InChI is InChI=1S/C7H10O5/c1-2-6(8)11-4-3-5-12-7(9)10/h2H,1,3-5H2,(H,9,10). The minimum absolute atomic E-state index is 0.0275. The van der Waals surface area contributed by atoms with Gasteiger partial charge in [0.2, 0.25) is 0 Å². The van der Waals surface area contributed by atoms with Crippen molar-refractivity contribution in [3.05, 3.63) is 12.7 Å². The van der Waals surface area contributed by atoms with Gasteiger partial charge >= 0.3 is 12.1 Å². The van der Waals surface area contributed by atoms with Gasteiger partial charge < -0.3 is 14.6 Å². The second kappa shape index (κ2) is 6.21. The Morgan fingerprint density at radius 1 is 1.33 bits per heavy atom. The third-order valence-electron chi connectivity index (χ3n) is 0.925. The van der Waals surface area contributed by atoms with Gasteiger partial charge in [-0.25, -0.2) is 9.59 Å². The van der Waals surface area contributed by atoms with Gasteiger partial charge in [0, 0.05) is 12.5 Å². The van der Waals surface area contributed by atoms with Gasteiger partial charge in [-0.3, -0.25) is 0 Å². The van der Waals surface area contributed by atoms with E-state index in [1.165, 1.54) is 0 Å². The second-order valence-electron chi connectivity index (χ2n) is 1.84. The summed E-state index contributed by atoms with van der Waals surface area (Å²) in [5.41, 5.74) is 0. The molecule has 0 saturated heterocycles. The Kier molecular flexibility index (Phi) is 5.42. The molecule has 0 aromatic carbocycles. The van der Waals surface area contributed by atoms with E-state index < -0.39 is 12.1 Å². The van der Waals surface area contributed by atoms with Crippen LogP contribution in [-0.2, 0) is 14.3 Å². The summed E-state index contributed by atoms with van der Waals surface area (Å²) in [5, 5.41) is 8.02. The van der Waals surface area contributed by atoms with E-state index in [2.05, 4.69) is 16.1 Å². The van der Waals surface area contributed by atoms with Gasteiger partial charge in [-0.05, 0) is 0 Å². The number of rotatable bonds is 5. The largest absolute Gasteiger partial charge is 0.505 e. The fourth-order valence-electron chi connectivity index (χ4n) is 0.450. The Labute approximate surface area is 69.6 Å². The SMILES string of the molecule is C=CC(=O)OCCCOC(=O)O. The predicted octanol–water partition coefficient (Wildman–Crippen LogP) is 0.800. The quantitative estimate of drug-likeness (QED) is 0.379. The molecule has 0 aromatic rings. The van der Waals surface area contributed by atoms with E-state index in [0.29, 0.717) is 6.42 Å². The lowest BCUT2D eigenvalue weighted by Crippen LogP contribution is -2.07. The van der Waals surface area contributed by atoms with Gasteiger partial charge in [-0.2, -0.15) is 0 Å². The van der Waals surface area contributed by atoms with Crippen molar-refractivity contribution in [3.63, 3.8) is 0 Å². The van der Waals surface area contributed by atoms with Crippen LogP contribution < -0.4 is 0 Å². The van der Waals surface area contributed by atoms with Crippen molar-refractivity contribution in [2.45, 2.75) is 6.42 Å². The molecule has 0 radical (unpaired) electrons. The fraction of sp³-hybridized carbons (Fsp3) is 0.429. The van der Waals surface area contributed by atoms with Crippen molar-refractivity contribution in [1.82, 2.24) is 0 Å². The van der Waals surface area contributed by atoms with Crippen molar-refractivity contribution in [1.29, 1.82) is 0 Å². The number of carbonyl (C=O) groups is 2. The Morgan fingerprint density at radius 3 is 2.42 bits per heavy atom. The van der Waals surface area contributed by atoms with Gasteiger partial charge in [-0.15, -0.1) is 0 Å². The molecule has 5 nitrogen and oxygen atoms in total. The van der Waals surface area contributed by atoms with Crippen LogP contribution in [-0.4, -0.2) is 30.4 Å². The van der Waals surface area contributed by atoms with Crippen LogP contribution in [0.3, 0.4) is 0 Å². The topological polar surface area (TPSA) is 72.8 Å². The van der Waals surface area contributed by atoms with Gasteiger partial charge in [0.15, 0.2) is 0 Å². The van der Waals surface area contributed by atoms with Crippen LogP contribution in [0.15, 0.2) is 12.7 Å². The van der Waals surface area contributed by atoms with Crippen LogP contribution in [0.5, 0.6) is 0 Å². The van der Waals surface area contributed by atoms with Crippen molar-refractivity contribution < 1.29 is 24.2 Å². The molecular formula is C7H10O5. The molecule has 0 saturated carbocycles. The Morgan fingerprint density at radius 2 is 1.92 bits per heavy atom. The highest BCUT2D eigenvalue weighted by Crippen LogP contribution is 1.87. The van der Waals surface area contributed by atoms with Gasteiger partial charge in [0.1, 0.15) is 0 Å². The highest BCUT2D eigenvalue weighted by atomic mass is 16.7.